The van der Waals surface area contributed by atoms with Crippen molar-refractivity contribution in [3.8, 4) is 11.5 Å². The topological polar surface area (TPSA) is 47.6 Å². The average Bonchev–Trinajstić information content (AvgIpc) is 3.22. The van der Waals surface area contributed by atoms with E-state index in [2.05, 4.69) is 5.32 Å². The van der Waals surface area contributed by atoms with Crippen LogP contribution in [0.4, 0.5) is 0 Å². The summed E-state index contributed by atoms with van der Waals surface area (Å²) >= 11 is 0. The van der Waals surface area contributed by atoms with Gasteiger partial charge in [0.25, 0.3) is 0 Å². The number of ether oxygens (including phenoxy) is 2. The molecule has 1 aromatic rings. The Balaban J connectivity index is 1.91. The molecule has 0 bridgehead atoms. The van der Waals surface area contributed by atoms with Crippen molar-refractivity contribution in [3.63, 3.8) is 0 Å². The van der Waals surface area contributed by atoms with Crippen LogP contribution < -0.4 is 14.8 Å². The van der Waals surface area contributed by atoms with E-state index < -0.39 is 0 Å². The van der Waals surface area contributed by atoms with Gasteiger partial charge in [0, 0.05) is 12.5 Å². The molecule has 4 nitrogen and oxygen atoms in total. The van der Waals surface area contributed by atoms with Crippen LogP contribution in [0.5, 0.6) is 11.5 Å². The van der Waals surface area contributed by atoms with Crippen LogP contribution in [-0.4, -0.2) is 26.7 Å². The van der Waals surface area contributed by atoms with Gasteiger partial charge in [0.05, 0.1) is 14.2 Å². The van der Waals surface area contributed by atoms with Crippen LogP contribution in [0.3, 0.4) is 0 Å². The molecule has 4 heteroatoms. The van der Waals surface area contributed by atoms with E-state index in [0.29, 0.717) is 6.54 Å². The lowest BCUT2D eigenvalue weighted by atomic mass is 10.1. The van der Waals surface area contributed by atoms with E-state index in [1.165, 1.54) is 0 Å². The fourth-order valence-corrected chi connectivity index (χ4v) is 1.89. The fourth-order valence-electron chi connectivity index (χ4n) is 1.89. The van der Waals surface area contributed by atoms with Gasteiger partial charge < -0.3 is 14.8 Å². The van der Waals surface area contributed by atoms with Gasteiger partial charge in [-0.25, -0.2) is 0 Å². The summed E-state index contributed by atoms with van der Waals surface area (Å²) in [5, 5.41) is 2.95. The zero-order chi connectivity index (χ0) is 13.0. The monoisotopic (exact) mass is 249 g/mol. The second kappa shape index (κ2) is 5.76. The largest absolute Gasteiger partial charge is 0.497 e. The van der Waals surface area contributed by atoms with E-state index in [1.807, 2.05) is 18.2 Å². The van der Waals surface area contributed by atoms with Crippen LogP contribution in [0.25, 0.3) is 0 Å². The average molecular weight is 249 g/mol. The Bertz CT molecular complexity index is 427. The molecule has 0 aliphatic heterocycles. The number of carbonyl (C=O) groups excluding carboxylic acids is 1. The van der Waals surface area contributed by atoms with Crippen molar-refractivity contribution in [1.29, 1.82) is 0 Å². The first-order valence-corrected chi connectivity index (χ1v) is 6.23. The molecule has 0 saturated heterocycles. The Labute approximate surface area is 107 Å². The minimum Gasteiger partial charge on any atom is -0.497 e. The van der Waals surface area contributed by atoms with E-state index in [4.69, 9.17) is 9.47 Å². The second-order valence-electron chi connectivity index (χ2n) is 4.49. The number of hydrogen-bond acceptors (Lipinski definition) is 3. The van der Waals surface area contributed by atoms with Crippen molar-refractivity contribution in [2.45, 2.75) is 19.3 Å². The number of hydrogen-bond donors (Lipinski definition) is 1. The summed E-state index contributed by atoms with van der Waals surface area (Å²) in [6.07, 6.45) is 2.82. The molecule has 0 heterocycles. The number of nitrogens with one attached hydrogen (secondary N) is 1. The Kier molecular flexibility index (Phi) is 4.07. The summed E-state index contributed by atoms with van der Waals surface area (Å²) in [6, 6.07) is 5.70. The van der Waals surface area contributed by atoms with Gasteiger partial charge >= 0.3 is 0 Å². The molecule has 0 radical (unpaired) electrons. The van der Waals surface area contributed by atoms with E-state index in [9.17, 15) is 4.79 Å². The van der Waals surface area contributed by atoms with Crippen LogP contribution in [0.15, 0.2) is 18.2 Å². The van der Waals surface area contributed by atoms with Crippen molar-refractivity contribution in [2.75, 3.05) is 20.8 Å². The molecule has 1 aromatic carbocycles. The van der Waals surface area contributed by atoms with E-state index in [1.54, 1.807) is 14.2 Å². The standard InChI is InChI=1S/C14H19NO3/c1-17-12-5-6-13(18-2)11(9-12)7-8-15-14(16)10-3-4-10/h5-6,9-10H,3-4,7-8H2,1-2H3,(H,15,16). The molecule has 1 saturated carbocycles. The van der Waals surface area contributed by atoms with Crippen molar-refractivity contribution in [1.82, 2.24) is 5.32 Å². The van der Waals surface area contributed by atoms with Gasteiger partial charge in [-0.2, -0.15) is 0 Å². The first kappa shape index (κ1) is 12.7. The van der Waals surface area contributed by atoms with Gasteiger partial charge in [-0.1, -0.05) is 0 Å². The lowest BCUT2D eigenvalue weighted by Gasteiger charge is -2.11. The predicted molar refractivity (Wildman–Crippen MR) is 69.0 cm³/mol. The summed E-state index contributed by atoms with van der Waals surface area (Å²) in [5.41, 5.74) is 1.05. The molecular formula is C14H19NO3. The molecule has 0 unspecified atom stereocenters. The van der Waals surface area contributed by atoms with Gasteiger partial charge in [-0.3, -0.25) is 4.79 Å². The number of methoxy groups -OCH3 is 2. The number of rotatable bonds is 6. The molecule has 18 heavy (non-hydrogen) atoms. The molecule has 1 N–H and O–H groups in total. The molecule has 0 aromatic heterocycles. The number of carbonyl (C=O) groups is 1. The van der Waals surface area contributed by atoms with E-state index in [-0.39, 0.29) is 11.8 Å². The molecule has 2 rings (SSSR count). The maximum absolute atomic E-state index is 11.5. The van der Waals surface area contributed by atoms with Crippen LogP contribution in [-0.2, 0) is 11.2 Å². The Hall–Kier alpha value is -1.71. The van der Waals surface area contributed by atoms with E-state index in [0.717, 1.165) is 36.3 Å². The van der Waals surface area contributed by atoms with Gasteiger partial charge in [0.2, 0.25) is 5.91 Å². The Morgan fingerprint density at radius 3 is 2.72 bits per heavy atom. The summed E-state index contributed by atoms with van der Waals surface area (Å²) in [5.74, 6) is 2.07. The normalized spacial score (nSPS) is 14.1. The van der Waals surface area contributed by atoms with Crippen LogP contribution >= 0.6 is 0 Å². The summed E-state index contributed by atoms with van der Waals surface area (Å²) in [4.78, 5) is 11.5. The summed E-state index contributed by atoms with van der Waals surface area (Å²) in [7, 11) is 3.29. The molecular weight excluding hydrogens is 230 g/mol. The van der Waals surface area contributed by atoms with Gasteiger partial charge in [0.1, 0.15) is 11.5 Å². The fraction of sp³-hybridized carbons (Fsp3) is 0.500. The van der Waals surface area contributed by atoms with Gasteiger partial charge in [0.15, 0.2) is 0 Å². The quantitative estimate of drug-likeness (QED) is 0.836. The van der Waals surface area contributed by atoms with Crippen LogP contribution in [0.1, 0.15) is 18.4 Å². The highest BCUT2D eigenvalue weighted by Gasteiger charge is 2.29. The summed E-state index contributed by atoms with van der Waals surface area (Å²) < 4.78 is 10.5. The molecule has 0 spiro atoms. The molecule has 1 fully saturated rings. The highest BCUT2D eigenvalue weighted by molar-refractivity contribution is 5.80. The lowest BCUT2D eigenvalue weighted by molar-refractivity contribution is -0.122. The van der Waals surface area contributed by atoms with Crippen LogP contribution in [0, 0.1) is 5.92 Å². The van der Waals surface area contributed by atoms with Crippen molar-refractivity contribution < 1.29 is 14.3 Å². The zero-order valence-electron chi connectivity index (χ0n) is 10.9. The van der Waals surface area contributed by atoms with Crippen LogP contribution in [0.2, 0.25) is 0 Å². The highest BCUT2D eigenvalue weighted by atomic mass is 16.5. The third-order valence-electron chi connectivity index (χ3n) is 3.13. The number of benzene rings is 1. The summed E-state index contributed by atoms with van der Waals surface area (Å²) in [6.45, 7) is 0.638. The predicted octanol–water partition coefficient (Wildman–Crippen LogP) is 1.77. The minimum absolute atomic E-state index is 0.178. The third-order valence-corrected chi connectivity index (χ3v) is 3.13. The lowest BCUT2D eigenvalue weighted by Crippen LogP contribution is -2.27. The first-order chi connectivity index (χ1) is 8.74. The van der Waals surface area contributed by atoms with Crippen molar-refractivity contribution in [2.24, 2.45) is 5.92 Å². The maximum atomic E-state index is 11.5. The minimum atomic E-state index is 0.178. The first-order valence-electron chi connectivity index (χ1n) is 6.23. The highest BCUT2D eigenvalue weighted by Crippen LogP contribution is 2.29. The maximum Gasteiger partial charge on any atom is 0.223 e. The molecule has 1 amide bonds. The van der Waals surface area contributed by atoms with Crippen molar-refractivity contribution in [3.05, 3.63) is 23.8 Å². The zero-order valence-corrected chi connectivity index (χ0v) is 10.9. The Morgan fingerprint density at radius 2 is 2.11 bits per heavy atom. The second-order valence-corrected chi connectivity index (χ2v) is 4.49. The number of amides is 1. The molecule has 98 valence electrons. The van der Waals surface area contributed by atoms with Gasteiger partial charge in [-0.15, -0.1) is 0 Å². The third kappa shape index (κ3) is 3.15. The van der Waals surface area contributed by atoms with Crippen molar-refractivity contribution >= 4 is 5.91 Å². The van der Waals surface area contributed by atoms with Gasteiger partial charge in [-0.05, 0) is 43.0 Å². The SMILES string of the molecule is COc1ccc(OC)c(CCNC(=O)C2CC2)c1. The van der Waals surface area contributed by atoms with E-state index >= 15 is 0 Å². The Morgan fingerprint density at radius 1 is 1.33 bits per heavy atom. The molecule has 1 aliphatic carbocycles. The molecule has 0 atom stereocenters. The molecule has 1 aliphatic rings. The smallest absolute Gasteiger partial charge is 0.223 e.